The van der Waals surface area contributed by atoms with Crippen LogP contribution in [0.5, 0.6) is 0 Å². The summed E-state index contributed by atoms with van der Waals surface area (Å²) in [5, 5.41) is 3.34. The zero-order valence-electron chi connectivity index (χ0n) is 12.1. The Labute approximate surface area is 114 Å². The number of aromatic nitrogens is 1. The highest BCUT2D eigenvalue weighted by molar-refractivity contribution is 5.73. The van der Waals surface area contributed by atoms with E-state index in [0.717, 1.165) is 49.6 Å². The third-order valence-electron chi connectivity index (χ3n) is 3.26. The van der Waals surface area contributed by atoms with Gasteiger partial charge in [0.1, 0.15) is 5.52 Å². The lowest BCUT2D eigenvalue weighted by Gasteiger charge is -2.16. The van der Waals surface area contributed by atoms with Gasteiger partial charge in [-0.3, -0.25) is 0 Å². The Kier molecular flexibility index (Phi) is 4.93. The van der Waals surface area contributed by atoms with Crippen molar-refractivity contribution < 1.29 is 4.42 Å². The fourth-order valence-corrected chi connectivity index (χ4v) is 2.12. The first kappa shape index (κ1) is 14.0. The molecule has 0 amide bonds. The highest BCUT2D eigenvalue weighted by Crippen LogP contribution is 2.17. The molecule has 4 heteroatoms. The minimum atomic E-state index is 0.731. The van der Waals surface area contributed by atoms with E-state index in [1.165, 1.54) is 5.56 Å². The van der Waals surface area contributed by atoms with Crippen molar-refractivity contribution in [3.63, 3.8) is 0 Å². The van der Waals surface area contributed by atoms with Gasteiger partial charge in [0.15, 0.2) is 11.5 Å². The number of nitrogens with one attached hydrogen (secondary N) is 1. The fourth-order valence-electron chi connectivity index (χ4n) is 2.12. The molecule has 0 saturated heterocycles. The molecule has 0 radical (unpaired) electrons. The van der Waals surface area contributed by atoms with Crippen molar-refractivity contribution >= 4 is 11.1 Å². The second kappa shape index (κ2) is 6.68. The van der Waals surface area contributed by atoms with Crippen molar-refractivity contribution in [2.24, 2.45) is 0 Å². The van der Waals surface area contributed by atoms with E-state index in [4.69, 9.17) is 4.42 Å². The number of oxazole rings is 1. The maximum absolute atomic E-state index is 5.48. The second-order valence-electron chi connectivity index (χ2n) is 4.94. The highest BCUT2D eigenvalue weighted by Gasteiger charge is 2.04. The van der Waals surface area contributed by atoms with Gasteiger partial charge >= 0.3 is 0 Å². The largest absolute Gasteiger partial charge is 0.441 e. The van der Waals surface area contributed by atoms with Crippen molar-refractivity contribution in [1.82, 2.24) is 15.2 Å². The van der Waals surface area contributed by atoms with Gasteiger partial charge in [-0.25, -0.2) is 4.98 Å². The predicted octanol–water partition coefficient (Wildman–Crippen LogP) is 2.22. The Bertz CT molecular complexity index is 521. The van der Waals surface area contributed by atoms with Gasteiger partial charge in [0, 0.05) is 26.6 Å². The van der Waals surface area contributed by atoms with Crippen LogP contribution in [0.3, 0.4) is 0 Å². The van der Waals surface area contributed by atoms with Crippen LogP contribution < -0.4 is 5.32 Å². The molecule has 2 rings (SSSR count). The van der Waals surface area contributed by atoms with E-state index in [1.54, 1.807) is 0 Å². The van der Waals surface area contributed by atoms with Crippen LogP contribution >= 0.6 is 0 Å². The molecule has 0 aliphatic rings. The summed E-state index contributed by atoms with van der Waals surface area (Å²) >= 11 is 0. The quantitative estimate of drug-likeness (QED) is 0.776. The molecule has 0 spiro atoms. The molecule has 0 saturated carbocycles. The molecule has 0 aliphatic carbocycles. The van der Waals surface area contributed by atoms with Crippen LogP contribution in [0, 0.1) is 6.92 Å². The molecule has 2 aromatic rings. The van der Waals surface area contributed by atoms with Crippen molar-refractivity contribution in [2.45, 2.75) is 20.3 Å². The van der Waals surface area contributed by atoms with Crippen molar-refractivity contribution in [2.75, 3.05) is 33.2 Å². The Morgan fingerprint density at radius 2 is 2.16 bits per heavy atom. The number of nitrogens with zero attached hydrogens (tertiary/aromatic N) is 2. The van der Waals surface area contributed by atoms with Gasteiger partial charge in [0.25, 0.3) is 0 Å². The molecule has 0 aliphatic heterocycles. The maximum Gasteiger partial charge on any atom is 0.192 e. The van der Waals surface area contributed by atoms with E-state index in [-0.39, 0.29) is 0 Å². The molecule has 4 nitrogen and oxygen atoms in total. The monoisotopic (exact) mass is 261 g/mol. The van der Waals surface area contributed by atoms with E-state index >= 15 is 0 Å². The number of rotatable bonds is 7. The number of fused-ring (bicyclic) bond motifs is 1. The summed E-state index contributed by atoms with van der Waals surface area (Å²) in [5.41, 5.74) is 3.16. The molecule has 104 valence electrons. The molecule has 0 bridgehead atoms. The Hall–Kier alpha value is -1.39. The number of aryl methyl sites for hydroxylation is 1. The molecular weight excluding hydrogens is 238 g/mol. The maximum atomic E-state index is 5.48. The smallest absolute Gasteiger partial charge is 0.192 e. The van der Waals surface area contributed by atoms with Crippen LogP contribution in [0.15, 0.2) is 22.6 Å². The zero-order valence-corrected chi connectivity index (χ0v) is 12.1. The first-order valence-electron chi connectivity index (χ1n) is 6.94. The molecular formula is C15H23N3O. The predicted molar refractivity (Wildman–Crippen MR) is 78.5 cm³/mol. The first-order chi connectivity index (χ1) is 9.19. The lowest BCUT2D eigenvalue weighted by atomic mass is 10.1. The summed E-state index contributed by atoms with van der Waals surface area (Å²) in [6.07, 6.45) is 1.05. The van der Waals surface area contributed by atoms with E-state index in [9.17, 15) is 0 Å². The van der Waals surface area contributed by atoms with Crippen molar-refractivity contribution in [1.29, 1.82) is 0 Å². The lowest BCUT2D eigenvalue weighted by Crippen LogP contribution is -2.30. The summed E-state index contributed by atoms with van der Waals surface area (Å²) < 4.78 is 5.48. The number of hydrogen-bond acceptors (Lipinski definition) is 4. The summed E-state index contributed by atoms with van der Waals surface area (Å²) in [5.74, 6) is 0.731. The number of hydrogen-bond donors (Lipinski definition) is 1. The number of likely N-dealkylation sites (N-methyl/N-ethyl adjacent to an activating group) is 2. The van der Waals surface area contributed by atoms with Gasteiger partial charge in [-0.1, -0.05) is 13.0 Å². The Morgan fingerprint density at radius 3 is 2.95 bits per heavy atom. The van der Waals surface area contributed by atoms with E-state index in [0.29, 0.717) is 0 Å². The number of benzene rings is 1. The molecule has 1 aromatic carbocycles. The molecule has 1 aromatic heterocycles. The summed E-state index contributed by atoms with van der Waals surface area (Å²) in [6.45, 7) is 8.25. The third kappa shape index (κ3) is 4.04. The second-order valence-corrected chi connectivity index (χ2v) is 4.94. The van der Waals surface area contributed by atoms with Gasteiger partial charge < -0.3 is 14.6 Å². The molecule has 19 heavy (non-hydrogen) atoms. The van der Waals surface area contributed by atoms with Crippen molar-refractivity contribution in [3.05, 3.63) is 29.7 Å². The molecule has 0 unspecified atom stereocenters. The normalized spacial score (nSPS) is 11.6. The summed E-state index contributed by atoms with van der Waals surface area (Å²) in [4.78, 5) is 6.72. The molecule has 1 heterocycles. The van der Waals surface area contributed by atoms with E-state index in [2.05, 4.69) is 41.3 Å². The first-order valence-corrected chi connectivity index (χ1v) is 6.94. The van der Waals surface area contributed by atoms with Gasteiger partial charge in [-0.15, -0.1) is 0 Å². The van der Waals surface area contributed by atoms with Crippen LogP contribution in [0.2, 0.25) is 0 Å². The minimum Gasteiger partial charge on any atom is -0.441 e. The van der Waals surface area contributed by atoms with Crippen LogP contribution in [-0.4, -0.2) is 43.1 Å². The molecule has 0 atom stereocenters. The van der Waals surface area contributed by atoms with Crippen LogP contribution in [0.1, 0.15) is 18.4 Å². The fraction of sp³-hybridized carbons (Fsp3) is 0.533. The third-order valence-corrected chi connectivity index (χ3v) is 3.26. The van der Waals surface area contributed by atoms with Gasteiger partial charge in [-0.2, -0.15) is 0 Å². The Balaban J connectivity index is 1.87. The van der Waals surface area contributed by atoms with E-state index in [1.807, 2.05) is 13.0 Å². The highest BCUT2D eigenvalue weighted by atomic mass is 16.3. The average molecular weight is 261 g/mol. The standard InChI is InChI=1S/C15H23N3O/c1-4-16-8-10-18(3)9-7-13-5-6-15-14(11-13)17-12(2)19-15/h5-6,11,16H,4,7-10H2,1-3H3. The van der Waals surface area contributed by atoms with Gasteiger partial charge in [0.2, 0.25) is 0 Å². The van der Waals surface area contributed by atoms with Crippen LogP contribution in [-0.2, 0) is 6.42 Å². The minimum absolute atomic E-state index is 0.731. The van der Waals surface area contributed by atoms with Crippen molar-refractivity contribution in [3.8, 4) is 0 Å². The zero-order chi connectivity index (χ0) is 13.7. The SMILES string of the molecule is CCNCCN(C)CCc1ccc2oc(C)nc2c1. The van der Waals surface area contributed by atoms with Gasteiger partial charge in [0.05, 0.1) is 0 Å². The topological polar surface area (TPSA) is 41.3 Å². The lowest BCUT2D eigenvalue weighted by molar-refractivity contribution is 0.337. The summed E-state index contributed by atoms with van der Waals surface area (Å²) in [7, 11) is 2.16. The molecule has 0 fully saturated rings. The summed E-state index contributed by atoms with van der Waals surface area (Å²) in [6, 6.07) is 6.28. The van der Waals surface area contributed by atoms with Crippen LogP contribution in [0.25, 0.3) is 11.1 Å². The van der Waals surface area contributed by atoms with E-state index < -0.39 is 0 Å². The van der Waals surface area contributed by atoms with Crippen LogP contribution in [0.4, 0.5) is 0 Å². The van der Waals surface area contributed by atoms with Gasteiger partial charge in [-0.05, 0) is 37.7 Å². The average Bonchev–Trinajstić information content (AvgIpc) is 2.76. The Morgan fingerprint density at radius 1 is 1.32 bits per heavy atom. The molecule has 1 N–H and O–H groups in total.